The molecule has 0 spiro atoms. The first-order valence-electron chi connectivity index (χ1n) is 3.21. The Morgan fingerprint density at radius 3 is 2.78 bits per heavy atom. The summed E-state index contributed by atoms with van der Waals surface area (Å²) in [5.41, 5.74) is 2.63. The average Bonchev–Trinajstić information content (AvgIpc) is 1.59. The van der Waals surface area contributed by atoms with Gasteiger partial charge in [0.05, 0.1) is 0 Å². The second-order valence-corrected chi connectivity index (χ2v) is 3.44. The van der Waals surface area contributed by atoms with Crippen LogP contribution in [0.2, 0.25) is 0 Å². The lowest BCUT2D eigenvalue weighted by atomic mass is 9.97. The van der Waals surface area contributed by atoms with Gasteiger partial charge in [0, 0.05) is 5.25 Å². The third-order valence-electron chi connectivity index (χ3n) is 1.51. The van der Waals surface area contributed by atoms with Gasteiger partial charge >= 0.3 is 0 Å². The number of allylic oxidation sites excluding steroid dienone is 3. The summed E-state index contributed by atoms with van der Waals surface area (Å²) >= 11 is 4.38. The largest absolute Gasteiger partial charge is 0.175 e. The van der Waals surface area contributed by atoms with Crippen molar-refractivity contribution in [3.63, 3.8) is 0 Å². The molecular weight excluding hydrogens is 128 g/mol. The van der Waals surface area contributed by atoms with Crippen LogP contribution in [0.1, 0.15) is 19.8 Å². The molecule has 1 atom stereocenters. The summed E-state index contributed by atoms with van der Waals surface area (Å²) in [6, 6.07) is 0. The van der Waals surface area contributed by atoms with Crippen molar-refractivity contribution in [3.05, 3.63) is 23.8 Å². The van der Waals surface area contributed by atoms with Crippen LogP contribution in [-0.4, -0.2) is 5.25 Å². The molecule has 9 heavy (non-hydrogen) atoms. The van der Waals surface area contributed by atoms with Crippen molar-refractivity contribution in [1.29, 1.82) is 0 Å². The maximum Gasteiger partial charge on any atom is 0.00941 e. The SMILES string of the molecule is C=C1C=C(C)CC(S)C1. The summed E-state index contributed by atoms with van der Waals surface area (Å²) in [6.07, 6.45) is 4.34. The van der Waals surface area contributed by atoms with Crippen molar-refractivity contribution in [2.24, 2.45) is 0 Å². The van der Waals surface area contributed by atoms with Gasteiger partial charge in [0.2, 0.25) is 0 Å². The van der Waals surface area contributed by atoms with Crippen LogP contribution in [0.25, 0.3) is 0 Å². The summed E-state index contributed by atoms with van der Waals surface area (Å²) in [4.78, 5) is 0. The van der Waals surface area contributed by atoms with Crippen LogP contribution in [0.4, 0.5) is 0 Å². The predicted molar refractivity (Wildman–Crippen MR) is 44.9 cm³/mol. The molecule has 0 heterocycles. The van der Waals surface area contributed by atoms with Crippen molar-refractivity contribution in [2.45, 2.75) is 25.0 Å². The molecule has 0 fully saturated rings. The minimum absolute atomic E-state index is 0.516. The van der Waals surface area contributed by atoms with Crippen molar-refractivity contribution in [1.82, 2.24) is 0 Å². The molecule has 0 nitrogen and oxygen atoms in total. The first kappa shape index (κ1) is 6.94. The highest BCUT2D eigenvalue weighted by atomic mass is 32.1. The van der Waals surface area contributed by atoms with E-state index in [1.165, 1.54) is 11.1 Å². The summed E-state index contributed by atoms with van der Waals surface area (Å²) in [7, 11) is 0. The molecule has 1 heteroatoms. The maximum absolute atomic E-state index is 4.38. The van der Waals surface area contributed by atoms with E-state index in [-0.39, 0.29) is 0 Å². The third kappa shape index (κ3) is 1.90. The summed E-state index contributed by atoms with van der Waals surface area (Å²) in [5, 5.41) is 0.516. The quantitative estimate of drug-likeness (QED) is 0.491. The molecule has 0 aromatic carbocycles. The standard InChI is InChI=1S/C8H12S/c1-6-3-7(2)5-8(9)4-6/h3,8-9H,1,4-5H2,2H3. The normalized spacial score (nSPS) is 28.0. The van der Waals surface area contributed by atoms with Gasteiger partial charge in [-0.25, -0.2) is 0 Å². The average molecular weight is 140 g/mol. The van der Waals surface area contributed by atoms with Gasteiger partial charge in [0.25, 0.3) is 0 Å². The van der Waals surface area contributed by atoms with E-state index in [9.17, 15) is 0 Å². The molecule has 0 N–H and O–H groups in total. The van der Waals surface area contributed by atoms with Crippen LogP contribution >= 0.6 is 12.6 Å². The molecule has 0 radical (unpaired) electrons. The Balaban J connectivity index is 2.67. The Bertz CT molecular complexity index is 156. The maximum atomic E-state index is 4.38. The zero-order valence-corrected chi connectivity index (χ0v) is 6.62. The van der Waals surface area contributed by atoms with Crippen LogP contribution in [0, 0.1) is 0 Å². The monoisotopic (exact) mass is 140 g/mol. The van der Waals surface area contributed by atoms with Crippen molar-refractivity contribution in [3.8, 4) is 0 Å². The van der Waals surface area contributed by atoms with E-state index in [1.807, 2.05) is 0 Å². The van der Waals surface area contributed by atoms with E-state index in [4.69, 9.17) is 0 Å². The fraction of sp³-hybridized carbons (Fsp3) is 0.500. The molecule has 0 amide bonds. The lowest BCUT2D eigenvalue weighted by molar-refractivity contribution is 0.811. The van der Waals surface area contributed by atoms with Gasteiger partial charge in [0.1, 0.15) is 0 Å². The Morgan fingerprint density at radius 1 is 1.67 bits per heavy atom. The molecule has 0 bridgehead atoms. The minimum atomic E-state index is 0.516. The Hall–Kier alpha value is -0.170. The molecule has 1 aliphatic carbocycles. The van der Waals surface area contributed by atoms with Gasteiger partial charge in [-0.3, -0.25) is 0 Å². The Kier molecular flexibility index (Phi) is 2.01. The second-order valence-electron chi connectivity index (χ2n) is 2.71. The Morgan fingerprint density at radius 2 is 2.33 bits per heavy atom. The molecule has 0 aliphatic heterocycles. The molecule has 1 unspecified atom stereocenters. The number of rotatable bonds is 0. The summed E-state index contributed by atoms with van der Waals surface area (Å²) in [6.45, 7) is 6.02. The first-order chi connectivity index (χ1) is 4.18. The molecule has 0 saturated carbocycles. The Labute approximate surface area is 62.1 Å². The number of thiol groups is 1. The van der Waals surface area contributed by atoms with Crippen molar-refractivity contribution >= 4 is 12.6 Å². The van der Waals surface area contributed by atoms with Crippen molar-refractivity contribution in [2.75, 3.05) is 0 Å². The molecule has 0 aromatic heterocycles. The fourth-order valence-electron chi connectivity index (χ4n) is 1.21. The predicted octanol–water partition coefficient (Wildman–Crippen LogP) is 2.58. The topological polar surface area (TPSA) is 0 Å². The van der Waals surface area contributed by atoms with E-state index in [0.717, 1.165) is 12.8 Å². The van der Waals surface area contributed by atoms with E-state index < -0.39 is 0 Å². The van der Waals surface area contributed by atoms with E-state index in [0.29, 0.717) is 5.25 Å². The summed E-state index contributed by atoms with van der Waals surface area (Å²) < 4.78 is 0. The highest BCUT2D eigenvalue weighted by molar-refractivity contribution is 7.81. The zero-order valence-electron chi connectivity index (χ0n) is 5.72. The van der Waals surface area contributed by atoms with Crippen LogP contribution in [0.5, 0.6) is 0 Å². The summed E-state index contributed by atoms with van der Waals surface area (Å²) in [5.74, 6) is 0. The van der Waals surface area contributed by atoms with E-state index in [1.54, 1.807) is 0 Å². The van der Waals surface area contributed by atoms with Crippen LogP contribution in [0.3, 0.4) is 0 Å². The highest BCUT2D eigenvalue weighted by Crippen LogP contribution is 2.24. The van der Waals surface area contributed by atoms with Crippen LogP contribution < -0.4 is 0 Å². The first-order valence-corrected chi connectivity index (χ1v) is 3.73. The number of hydrogen-bond donors (Lipinski definition) is 1. The highest BCUT2D eigenvalue weighted by Gasteiger charge is 2.09. The van der Waals surface area contributed by atoms with Gasteiger partial charge in [-0.15, -0.1) is 0 Å². The lowest BCUT2D eigenvalue weighted by Crippen LogP contribution is -2.05. The van der Waals surface area contributed by atoms with Crippen LogP contribution in [-0.2, 0) is 0 Å². The van der Waals surface area contributed by atoms with Gasteiger partial charge in [-0.05, 0) is 19.8 Å². The van der Waals surface area contributed by atoms with Crippen LogP contribution in [0.15, 0.2) is 23.8 Å². The molecule has 50 valence electrons. The smallest absolute Gasteiger partial charge is 0.00941 e. The lowest BCUT2D eigenvalue weighted by Gasteiger charge is -2.16. The van der Waals surface area contributed by atoms with Gasteiger partial charge < -0.3 is 0 Å². The molecule has 0 aromatic rings. The van der Waals surface area contributed by atoms with Gasteiger partial charge in [-0.2, -0.15) is 12.6 Å². The third-order valence-corrected chi connectivity index (χ3v) is 1.87. The molecule has 1 aliphatic rings. The number of hydrogen-bond acceptors (Lipinski definition) is 1. The fourth-order valence-corrected chi connectivity index (χ4v) is 1.74. The van der Waals surface area contributed by atoms with Gasteiger partial charge in [-0.1, -0.05) is 23.8 Å². The molecular formula is C8H12S. The van der Waals surface area contributed by atoms with E-state index in [2.05, 4.69) is 32.2 Å². The molecule has 1 rings (SSSR count). The molecule has 0 saturated heterocycles. The van der Waals surface area contributed by atoms with Gasteiger partial charge in [0.15, 0.2) is 0 Å². The minimum Gasteiger partial charge on any atom is -0.175 e. The zero-order chi connectivity index (χ0) is 6.85. The van der Waals surface area contributed by atoms with Crippen molar-refractivity contribution < 1.29 is 0 Å². The van der Waals surface area contributed by atoms with E-state index >= 15 is 0 Å². The second kappa shape index (κ2) is 2.61.